The van der Waals surface area contributed by atoms with Gasteiger partial charge in [-0.1, -0.05) is 0 Å². The van der Waals surface area contributed by atoms with Crippen LogP contribution in [0.15, 0.2) is 58.3 Å². The number of hydrogen-bond donors (Lipinski definition) is 6. The minimum Gasteiger partial charge on any atom is -0.399 e. The van der Waals surface area contributed by atoms with Crippen molar-refractivity contribution in [2.24, 2.45) is 0 Å². The number of nitrogens with zero attached hydrogens (tertiary/aromatic N) is 3. The molecule has 0 atom stereocenters. The Balaban J connectivity index is 1.80. The zero-order chi connectivity index (χ0) is 27.3. The Bertz CT molecular complexity index is 1510. The highest BCUT2D eigenvalue weighted by Crippen LogP contribution is 2.24. The minimum absolute atomic E-state index is 0.0265. The molecule has 15 nitrogen and oxygen atoms in total. The van der Waals surface area contributed by atoms with Crippen molar-refractivity contribution in [3.8, 4) is 0 Å². The molecule has 3 aromatic rings. The second-order valence-corrected chi connectivity index (χ2v) is 12.5. The molecular formula is C19H23N7O8S3. The summed E-state index contributed by atoms with van der Waals surface area (Å²) in [4.78, 5) is 12.2. The standard InChI is InChI=1S/C19H23N7O8S3/c20-13-1-5-15(6-2-13)37(33,34)16-7-3-14(4-8-16)23-19-25-17(21-9-11-35(27,28)29)24-18(26-19)22-10-12-36(30,31)32/h1-8H,9-12,20H2,(H,27,28,29)(H,30,31,32)(H3,21,22,23,24,25,26). The lowest BCUT2D eigenvalue weighted by molar-refractivity contribution is 0.481. The molecule has 0 spiro atoms. The molecule has 0 fully saturated rings. The predicted octanol–water partition coefficient (Wildman–Crippen LogP) is 0.630. The van der Waals surface area contributed by atoms with Crippen molar-refractivity contribution >= 4 is 59.3 Å². The minimum atomic E-state index is -4.25. The van der Waals surface area contributed by atoms with Crippen LogP contribution in [0, 0.1) is 0 Å². The largest absolute Gasteiger partial charge is 0.399 e. The molecule has 0 saturated carbocycles. The van der Waals surface area contributed by atoms with Gasteiger partial charge in [0, 0.05) is 24.5 Å². The van der Waals surface area contributed by atoms with Crippen LogP contribution in [0.25, 0.3) is 0 Å². The van der Waals surface area contributed by atoms with Crippen LogP contribution in [0.3, 0.4) is 0 Å². The van der Waals surface area contributed by atoms with Crippen LogP contribution >= 0.6 is 0 Å². The van der Waals surface area contributed by atoms with E-state index in [1.165, 1.54) is 48.5 Å². The van der Waals surface area contributed by atoms with Crippen molar-refractivity contribution in [3.63, 3.8) is 0 Å². The van der Waals surface area contributed by atoms with Gasteiger partial charge in [-0.3, -0.25) is 9.11 Å². The molecule has 0 bridgehead atoms. The molecule has 0 saturated heterocycles. The number of rotatable bonds is 12. The van der Waals surface area contributed by atoms with Crippen LogP contribution < -0.4 is 21.7 Å². The van der Waals surface area contributed by atoms with E-state index in [9.17, 15) is 25.3 Å². The number of nitrogen functional groups attached to an aromatic ring is 1. The van der Waals surface area contributed by atoms with Crippen molar-refractivity contribution in [2.75, 3.05) is 46.3 Å². The molecule has 0 radical (unpaired) electrons. The fourth-order valence-electron chi connectivity index (χ4n) is 2.80. The first kappa shape index (κ1) is 28.0. The van der Waals surface area contributed by atoms with Gasteiger partial charge in [0.05, 0.1) is 21.3 Å². The second-order valence-electron chi connectivity index (χ2n) is 7.45. The molecule has 1 aromatic heterocycles. The monoisotopic (exact) mass is 573 g/mol. The van der Waals surface area contributed by atoms with Crippen LogP contribution in [0.4, 0.5) is 29.2 Å². The van der Waals surface area contributed by atoms with Gasteiger partial charge in [0.15, 0.2) is 0 Å². The number of benzene rings is 2. The van der Waals surface area contributed by atoms with Crippen molar-refractivity contribution < 1.29 is 34.4 Å². The van der Waals surface area contributed by atoms with Crippen LogP contribution in [0.5, 0.6) is 0 Å². The van der Waals surface area contributed by atoms with Crippen molar-refractivity contribution in [2.45, 2.75) is 9.79 Å². The third-order valence-electron chi connectivity index (χ3n) is 4.53. The number of anilines is 5. The maximum absolute atomic E-state index is 12.8. The average Bonchev–Trinajstić information content (AvgIpc) is 2.78. The van der Waals surface area contributed by atoms with Crippen LogP contribution in [-0.4, -0.2) is 73.9 Å². The molecule has 0 amide bonds. The summed E-state index contributed by atoms with van der Waals surface area (Å²) >= 11 is 0. The summed E-state index contributed by atoms with van der Waals surface area (Å²) in [5.41, 5.74) is 6.42. The zero-order valence-corrected chi connectivity index (χ0v) is 21.4. The molecule has 0 aliphatic carbocycles. The van der Waals surface area contributed by atoms with E-state index in [1.54, 1.807) is 0 Å². The Hall–Kier alpha value is -3.58. The molecule has 0 aliphatic heterocycles. The van der Waals surface area contributed by atoms with Gasteiger partial charge in [0.25, 0.3) is 20.2 Å². The van der Waals surface area contributed by atoms with Crippen molar-refractivity contribution in [1.29, 1.82) is 0 Å². The van der Waals surface area contributed by atoms with Gasteiger partial charge >= 0.3 is 0 Å². The number of nitrogens with two attached hydrogens (primary N) is 1. The van der Waals surface area contributed by atoms with E-state index in [0.717, 1.165) is 0 Å². The van der Waals surface area contributed by atoms with E-state index in [-0.39, 0.29) is 40.7 Å². The molecule has 18 heteroatoms. The lowest BCUT2D eigenvalue weighted by atomic mass is 10.3. The van der Waals surface area contributed by atoms with Gasteiger partial charge in [0.1, 0.15) is 0 Å². The number of sulfone groups is 1. The van der Waals surface area contributed by atoms with E-state index in [0.29, 0.717) is 11.4 Å². The fraction of sp³-hybridized carbons (Fsp3) is 0.211. The second kappa shape index (κ2) is 11.2. The van der Waals surface area contributed by atoms with Gasteiger partial charge in [-0.05, 0) is 48.5 Å². The molecular weight excluding hydrogens is 550 g/mol. The smallest absolute Gasteiger partial charge is 0.266 e. The van der Waals surface area contributed by atoms with E-state index in [2.05, 4.69) is 30.9 Å². The highest BCUT2D eigenvalue weighted by Gasteiger charge is 2.17. The lowest BCUT2D eigenvalue weighted by Gasteiger charge is -2.11. The maximum atomic E-state index is 12.8. The SMILES string of the molecule is Nc1ccc(S(=O)(=O)c2ccc(Nc3nc(NCCS(=O)(=O)O)nc(NCCS(=O)(=O)O)n3)cc2)cc1. The maximum Gasteiger partial charge on any atom is 0.266 e. The Morgan fingerprint density at radius 1 is 0.649 bits per heavy atom. The van der Waals surface area contributed by atoms with E-state index in [4.69, 9.17) is 14.8 Å². The molecule has 3 rings (SSSR count). The zero-order valence-electron chi connectivity index (χ0n) is 18.9. The number of hydrogen-bond acceptors (Lipinski definition) is 13. The highest BCUT2D eigenvalue weighted by atomic mass is 32.2. The van der Waals surface area contributed by atoms with E-state index < -0.39 is 41.6 Å². The molecule has 1 heterocycles. The highest BCUT2D eigenvalue weighted by molar-refractivity contribution is 7.91. The quantitative estimate of drug-likeness (QED) is 0.128. The summed E-state index contributed by atoms with van der Waals surface area (Å²) in [5, 5.41) is 8.01. The Labute approximate surface area is 213 Å². The first-order valence-corrected chi connectivity index (χ1v) is 15.0. The van der Waals surface area contributed by atoms with Crippen LogP contribution in [0.1, 0.15) is 0 Å². The van der Waals surface area contributed by atoms with Crippen molar-refractivity contribution in [3.05, 3.63) is 48.5 Å². The summed E-state index contributed by atoms with van der Waals surface area (Å²) in [6, 6.07) is 11.4. The van der Waals surface area contributed by atoms with Crippen LogP contribution in [0.2, 0.25) is 0 Å². The lowest BCUT2D eigenvalue weighted by Crippen LogP contribution is -2.19. The summed E-state index contributed by atoms with van der Waals surface area (Å²) in [6.45, 7) is -0.491. The van der Waals surface area contributed by atoms with E-state index in [1.807, 2.05) is 0 Å². The normalized spacial score (nSPS) is 12.2. The Morgan fingerprint density at radius 3 is 1.49 bits per heavy atom. The number of aromatic nitrogens is 3. The first-order chi connectivity index (χ1) is 17.2. The Kier molecular flexibility index (Phi) is 8.49. The Morgan fingerprint density at radius 2 is 1.05 bits per heavy atom. The van der Waals surface area contributed by atoms with Gasteiger partial charge < -0.3 is 21.7 Å². The first-order valence-electron chi connectivity index (χ1n) is 10.3. The fourth-order valence-corrected chi connectivity index (χ4v) is 4.78. The predicted molar refractivity (Wildman–Crippen MR) is 136 cm³/mol. The summed E-state index contributed by atoms with van der Waals surface area (Å²) in [7, 11) is -12.3. The van der Waals surface area contributed by atoms with Gasteiger partial charge in [0.2, 0.25) is 27.7 Å². The number of nitrogens with one attached hydrogen (secondary N) is 3. The topological polar surface area (TPSA) is 244 Å². The third kappa shape index (κ3) is 8.79. The molecule has 0 aliphatic rings. The summed E-state index contributed by atoms with van der Waals surface area (Å²) in [5.74, 6) is -1.54. The summed E-state index contributed by atoms with van der Waals surface area (Å²) in [6.07, 6.45) is 0. The molecule has 7 N–H and O–H groups in total. The third-order valence-corrected chi connectivity index (χ3v) is 7.76. The average molecular weight is 574 g/mol. The van der Waals surface area contributed by atoms with Gasteiger partial charge in [-0.2, -0.15) is 31.8 Å². The molecule has 2 aromatic carbocycles. The van der Waals surface area contributed by atoms with Crippen molar-refractivity contribution in [1.82, 2.24) is 15.0 Å². The van der Waals surface area contributed by atoms with Crippen LogP contribution in [-0.2, 0) is 30.1 Å². The molecule has 200 valence electrons. The van der Waals surface area contributed by atoms with E-state index >= 15 is 0 Å². The van der Waals surface area contributed by atoms with Gasteiger partial charge in [-0.15, -0.1) is 0 Å². The summed E-state index contributed by atoms with van der Waals surface area (Å²) < 4.78 is 87.2. The molecule has 37 heavy (non-hydrogen) atoms. The van der Waals surface area contributed by atoms with Gasteiger partial charge in [-0.25, -0.2) is 8.42 Å². The molecule has 0 unspecified atom stereocenters.